The molecule has 1 aromatic rings. The second-order valence-electron chi connectivity index (χ2n) is 5.01. The van der Waals surface area contributed by atoms with E-state index in [1.165, 1.54) is 18.2 Å². The molecule has 0 bridgehead atoms. The average Bonchev–Trinajstić information content (AvgIpc) is 2.52. The van der Waals surface area contributed by atoms with Crippen LogP contribution >= 0.6 is 11.8 Å². The van der Waals surface area contributed by atoms with Gasteiger partial charge < -0.3 is 10.6 Å². The van der Waals surface area contributed by atoms with Crippen molar-refractivity contribution in [3.8, 4) is 0 Å². The molecular weight excluding hydrogens is 286 g/mol. The van der Waals surface area contributed by atoms with Gasteiger partial charge in [-0.1, -0.05) is 6.07 Å². The monoisotopic (exact) mass is 306 g/mol. The lowest BCUT2D eigenvalue weighted by Gasteiger charge is -2.36. The molecule has 1 radical (unpaired) electrons. The molecule has 1 aliphatic rings. The summed E-state index contributed by atoms with van der Waals surface area (Å²) in [5.74, 6) is 0.528. The SMILES string of the molecule is NC(=O)[CH]CSCC(=O)N1CCCCC1c1cccnc1. The van der Waals surface area contributed by atoms with Crippen molar-refractivity contribution in [2.24, 2.45) is 5.73 Å². The van der Waals surface area contributed by atoms with Crippen molar-refractivity contribution in [3.63, 3.8) is 0 Å². The van der Waals surface area contributed by atoms with Crippen molar-refractivity contribution in [3.05, 3.63) is 36.5 Å². The molecule has 1 saturated heterocycles. The van der Waals surface area contributed by atoms with E-state index in [1.807, 2.05) is 23.2 Å². The fourth-order valence-corrected chi connectivity index (χ4v) is 3.26. The van der Waals surface area contributed by atoms with E-state index in [4.69, 9.17) is 5.73 Å². The Morgan fingerprint density at radius 1 is 1.48 bits per heavy atom. The maximum atomic E-state index is 12.4. The number of nitrogens with zero attached hydrogens (tertiary/aromatic N) is 2. The predicted octanol–water partition coefficient (Wildman–Crippen LogP) is 1.56. The van der Waals surface area contributed by atoms with E-state index in [1.54, 1.807) is 6.20 Å². The van der Waals surface area contributed by atoms with Crippen LogP contribution < -0.4 is 5.73 Å². The fourth-order valence-electron chi connectivity index (χ4n) is 2.52. The number of amides is 2. The fraction of sp³-hybridized carbons (Fsp3) is 0.467. The minimum Gasteiger partial charge on any atom is -0.369 e. The van der Waals surface area contributed by atoms with E-state index in [-0.39, 0.29) is 11.9 Å². The van der Waals surface area contributed by atoms with Crippen molar-refractivity contribution < 1.29 is 9.59 Å². The summed E-state index contributed by atoms with van der Waals surface area (Å²) in [6.45, 7) is 0.790. The molecule has 113 valence electrons. The molecule has 2 heterocycles. The quantitative estimate of drug-likeness (QED) is 0.809. The minimum absolute atomic E-state index is 0.117. The molecular formula is C15H20N3O2S. The van der Waals surface area contributed by atoms with E-state index in [9.17, 15) is 9.59 Å². The molecule has 0 spiro atoms. The van der Waals surface area contributed by atoms with Crippen LogP contribution in [0.3, 0.4) is 0 Å². The van der Waals surface area contributed by atoms with Crippen molar-refractivity contribution in [2.45, 2.75) is 25.3 Å². The highest BCUT2D eigenvalue weighted by molar-refractivity contribution is 8.00. The third-order valence-electron chi connectivity index (χ3n) is 3.52. The molecule has 1 unspecified atom stereocenters. The number of carbonyl (C=O) groups is 2. The van der Waals surface area contributed by atoms with E-state index >= 15 is 0 Å². The number of nitrogens with two attached hydrogens (primary N) is 1. The van der Waals surface area contributed by atoms with Crippen molar-refractivity contribution >= 4 is 23.6 Å². The zero-order valence-electron chi connectivity index (χ0n) is 11.9. The Balaban J connectivity index is 1.92. The average molecular weight is 306 g/mol. The maximum Gasteiger partial charge on any atom is 0.233 e. The van der Waals surface area contributed by atoms with Gasteiger partial charge in [-0.05, 0) is 30.9 Å². The third-order valence-corrected chi connectivity index (χ3v) is 4.37. The molecule has 0 aromatic carbocycles. The molecule has 1 atom stereocenters. The predicted molar refractivity (Wildman–Crippen MR) is 83.4 cm³/mol. The van der Waals surface area contributed by atoms with Crippen LogP contribution in [0, 0.1) is 6.42 Å². The molecule has 5 nitrogen and oxygen atoms in total. The second kappa shape index (κ2) is 8.02. The Morgan fingerprint density at radius 2 is 2.33 bits per heavy atom. The van der Waals surface area contributed by atoms with Gasteiger partial charge in [-0.2, -0.15) is 11.8 Å². The lowest BCUT2D eigenvalue weighted by atomic mass is 9.96. The first kappa shape index (κ1) is 15.8. The molecule has 0 aliphatic carbocycles. The number of pyridine rings is 1. The number of hydrogen-bond acceptors (Lipinski definition) is 4. The summed E-state index contributed by atoms with van der Waals surface area (Å²) < 4.78 is 0. The maximum absolute atomic E-state index is 12.4. The number of carbonyl (C=O) groups excluding carboxylic acids is 2. The van der Waals surface area contributed by atoms with Crippen LogP contribution in [0.2, 0.25) is 0 Å². The van der Waals surface area contributed by atoms with Crippen LogP contribution in [-0.2, 0) is 9.59 Å². The summed E-state index contributed by atoms with van der Waals surface area (Å²) in [6, 6.07) is 4.06. The highest BCUT2D eigenvalue weighted by Crippen LogP contribution is 2.30. The Kier molecular flexibility index (Phi) is 6.04. The summed E-state index contributed by atoms with van der Waals surface area (Å²) in [6.07, 6.45) is 8.13. The van der Waals surface area contributed by atoms with Gasteiger partial charge in [0.25, 0.3) is 0 Å². The number of thioether (sulfide) groups is 1. The van der Waals surface area contributed by atoms with Crippen LogP contribution in [0.1, 0.15) is 30.9 Å². The first-order chi connectivity index (χ1) is 10.2. The Labute approximate surface area is 129 Å². The largest absolute Gasteiger partial charge is 0.369 e. The summed E-state index contributed by atoms with van der Waals surface area (Å²) in [4.78, 5) is 29.1. The van der Waals surface area contributed by atoms with Crippen LogP contribution in [0.4, 0.5) is 0 Å². The molecule has 1 fully saturated rings. The summed E-state index contributed by atoms with van der Waals surface area (Å²) in [5, 5.41) is 0. The Hall–Kier alpha value is -1.56. The smallest absolute Gasteiger partial charge is 0.233 e. The van der Waals surface area contributed by atoms with Crippen molar-refractivity contribution in [2.75, 3.05) is 18.1 Å². The van der Waals surface area contributed by atoms with Crippen molar-refractivity contribution in [1.29, 1.82) is 0 Å². The molecule has 1 aliphatic heterocycles. The number of piperidine rings is 1. The van der Waals surface area contributed by atoms with Crippen LogP contribution in [0.15, 0.2) is 24.5 Å². The van der Waals surface area contributed by atoms with Crippen LogP contribution in [-0.4, -0.2) is 39.7 Å². The normalized spacial score (nSPS) is 18.5. The summed E-state index contributed by atoms with van der Waals surface area (Å²) in [7, 11) is 0. The lowest BCUT2D eigenvalue weighted by molar-refractivity contribution is -0.132. The molecule has 21 heavy (non-hydrogen) atoms. The number of hydrogen-bond donors (Lipinski definition) is 1. The number of aromatic nitrogens is 1. The standard InChI is InChI=1S/C15H20N3O2S/c16-14(19)6-9-21-11-15(20)18-8-2-1-5-13(18)12-4-3-7-17-10-12/h3-4,6-7,10,13H,1-2,5,8-9,11H2,(H2,16,19). The third kappa shape index (κ3) is 4.74. The Morgan fingerprint density at radius 3 is 3.05 bits per heavy atom. The van der Waals surface area contributed by atoms with Gasteiger partial charge in [0.15, 0.2) is 0 Å². The number of rotatable bonds is 6. The van der Waals surface area contributed by atoms with Crippen molar-refractivity contribution in [1.82, 2.24) is 9.88 Å². The summed E-state index contributed by atoms with van der Waals surface area (Å²) >= 11 is 1.42. The van der Waals surface area contributed by atoms with E-state index in [0.29, 0.717) is 11.5 Å². The second-order valence-corrected chi connectivity index (χ2v) is 6.04. The minimum atomic E-state index is -0.443. The van der Waals surface area contributed by atoms with Gasteiger partial charge in [-0.3, -0.25) is 14.6 Å². The highest BCUT2D eigenvalue weighted by atomic mass is 32.2. The van der Waals surface area contributed by atoms with Gasteiger partial charge >= 0.3 is 0 Å². The molecule has 2 amide bonds. The van der Waals surface area contributed by atoms with Crippen LogP contribution in [0.5, 0.6) is 0 Å². The van der Waals surface area contributed by atoms with Gasteiger partial charge in [0.2, 0.25) is 11.8 Å². The summed E-state index contributed by atoms with van der Waals surface area (Å²) in [5.41, 5.74) is 6.14. The van der Waals surface area contributed by atoms with Gasteiger partial charge in [0.1, 0.15) is 0 Å². The molecule has 0 saturated carbocycles. The van der Waals surface area contributed by atoms with E-state index in [2.05, 4.69) is 4.98 Å². The molecule has 6 heteroatoms. The lowest BCUT2D eigenvalue weighted by Crippen LogP contribution is -2.39. The Bertz CT molecular complexity index is 481. The van der Waals surface area contributed by atoms with Crippen LogP contribution in [0.25, 0.3) is 0 Å². The van der Waals surface area contributed by atoms with Gasteiger partial charge in [0.05, 0.1) is 18.2 Å². The van der Waals surface area contributed by atoms with Gasteiger partial charge in [-0.15, -0.1) is 0 Å². The highest BCUT2D eigenvalue weighted by Gasteiger charge is 2.27. The zero-order chi connectivity index (χ0) is 15.1. The van der Waals surface area contributed by atoms with E-state index in [0.717, 1.165) is 31.4 Å². The van der Waals surface area contributed by atoms with E-state index < -0.39 is 5.91 Å². The number of likely N-dealkylation sites (tertiary alicyclic amines) is 1. The molecule has 1 aromatic heterocycles. The van der Waals surface area contributed by atoms with Gasteiger partial charge in [-0.25, -0.2) is 0 Å². The molecule has 2 N–H and O–H groups in total. The first-order valence-electron chi connectivity index (χ1n) is 7.08. The first-order valence-corrected chi connectivity index (χ1v) is 8.23. The number of primary amides is 1. The molecule has 2 rings (SSSR count). The zero-order valence-corrected chi connectivity index (χ0v) is 12.7. The van der Waals surface area contributed by atoms with Gasteiger partial charge in [0, 0.05) is 24.7 Å². The topological polar surface area (TPSA) is 76.3 Å².